The first-order valence-corrected chi connectivity index (χ1v) is 8.49. The molecule has 2 rings (SSSR count). The summed E-state index contributed by atoms with van der Waals surface area (Å²) in [4.78, 5) is 26.1. The zero-order valence-electron chi connectivity index (χ0n) is 13.5. The Bertz CT molecular complexity index is 393. The molecular formula is C17H29NO3. The Labute approximate surface area is 127 Å². The fourth-order valence-electron chi connectivity index (χ4n) is 4.22. The largest absolute Gasteiger partial charge is 0.480 e. The third kappa shape index (κ3) is 3.41. The molecule has 1 amide bonds. The number of fused-ring (bicyclic) bond motifs is 1. The van der Waals surface area contributed by atoms with Gasteiger partial charge >= 0.3 is 5.97 Å². The van der Waals surface area contributed by atoms with E-state index in [1.165, 1.54) is 6.42 Å². The van der Waals surface area contributed by atoms with Crippen LogP contribution in [0.25, 0.3) is 0 Å². The first-order chi connectivity index (χ1) is 9.95. The number of carboxylic acids is 1. The van der Waals surface area contributed by atoms with Crippen molar-refractivity contribution in [3.05, 3.63) is 0 Å². The van der Waals surface area contributed by atoms with Crippen molar-refractivity contribution in [1.82, 2.24) is 4.90 Å². The fraction of sp³-hybridized carbons (Fsp3) is 0.882. The first-order valence-electron chi connectivity index (χ1n) is 8.49. The van der Waals surface area contributed by atoms with Gasteiger partial charge in [0, 0.05) is 12.5 Å². The predicted molar refractivity (Wildman–Crippen MR) is 81.9 cm³/mol. The fourth-order valence-corrected chi connectivity index (χ4v) is 4.22. The van der Waals surface area contributed by atoms with E-state index < -0.39 is 12.0 Å². The van der Waals surface area contributed by atoms with Crippen LogP contribution in [0.1, 0.15) is 65.7 Å². The maximum atomic E-state index is 12.8. The van der Waals surface area contributed by atoms with Crippen LogP contribution in [-0.4, -0.2) is 34.0 Å². The lowest BCUT2D eigenvalue weighted by atomic mass is 9.84. The quantitative estimate of drug-likeness (QED) is 0.846. The highest BCUT2D eigenvalue weighted by Crippen LogP contribution is 2.40. The molecule has 120 valence electrons. The highest BCUT2D eigenvalue weighted by molar-refractivity contribution is 5.85. The molecule has 0 aromatic carbocycles. The van der Waals surface area contributed by atoms with E-state index >= 15 is 0 Å². The number of amides is 1. The Morgan fingerprint density at radius 2 is 1.90 bits per heavy atom. The minimum absolute atomic E-state index is 0.0670. The molecule has 1 heterocycles. The van der Waals surface area contributed by atoms with Crippen LogP contribution in [0.4, 0.5) is 0 Å². The van der Waals surface area contributed by atoms with Crippen LogP contribution in [-0.2, 0) is 9.59 Å². The second-order valence-corrected chi connectivity index (χ2v) is 7.12. The second-order valence-electron chi connectivity index (χ2n) is 7.12. The monoisotopic (exact) mass is 295 g/mol. The van der Waals surface area contributed by atoms with Gasteiger partial charge in [-0.3, -0.25) is 4.79 Å². The van der Waals surface area contributed by atoms with E-state index in [4.69, 9.17) is 0 Å². The van der Waals surface area contributed by atoms with Gasteiger partial charge in [-0.05, 0) is 37.0 Å². The van der Waals surface area contributed by atoms with Crippen LogP contribution in [0.2, 0.25) is 0 Å². The number of hydrogen-bond acceptors (Lipinski definition) is 2. The average molecular weight is 295 g/mol. The van der Waals surface area contributed by atoms with Crippen molar-refractivity contribution in [2.75, 3.05) is 0 Å². The number of likely N-dealkylation sites (tertiary alicyclic amines) is 1. The number of carboxylic acid groups (broad SMARTS) is 1. The molecule has 2 aliphatic rings. The van der Waals surface area contributed by atoms with Gasteiger partial charge in [-0.15, -0.1) is 0 Å². The van der Waals surface area contributed by atoms with E-state index in [1.807, 2.05) is 0 Å². The summed E-state index contributed by atoms with van der Waals surface area (Å²) in [7, 11) is 0. The van der Waals surface area contributed by atoms with Crippen LogP contribution in [0.15, 0.2) is 0 Å². The van der Waals surface area contributed by atoms with Crippen molar-refractivity contribution in [3.8, 4) is 0 Å². The lowest BCUT2D eigenvalue weighted by Crippen LogP contribution is -2.46. The van der Waals surface area contributed by atoms with Gasteiger partial charge in [-0.25, -0.2) is 4.79 Å². The van der Waals surface area contributed by atoms with E-state index in [0.717, 1.165) is 25.7 Å². The van der Waals surface area contributed by atoms with Gasteiger partial charge in [0.05, 0.1) is 0 Å². The molecule has 4 atom stereocenters. The smallest absolute Gasteiger partial charge is 0.326 e. The predicted octanol–water partition coefficient (Wildman–Crippen LogP) is 3.30. The summed E-state index contributed by atoms with van der Waals surface area (Å²) < 4.78 is 0. The van der Waals surface area contributed by atoms with Crippen molar-refractivity contribution in [2.24, 2.45) is 17.8 Å². The van der Waals surface area contributed by atoms with E-state index in [0.29, 0.717) is 30.6 Å². The topological polar surface area (TPSA) is 57.6 Å². The van der Waals surface area contributed by atoms with Crippen molar-refractivity contribution >= 4 is 11.9 Å². The summed E-state index contributed by atoms with van der Waals surface area (Å²) in [6, 6.07) is -0.410. The SMILES string of the molecule is CCC(CC(=O)N1C(C(=O)O)CC2CCCCC21)C(C)C. The summed E-state index contributed by atoms with van der Waals surface area (Å²) >= 11 is 0. The van der Waals surface area contributed by atoms with Gasteiger partial charge in [0.15, 0.2) is 0 Å². The lowest BCUT2D eigenvalue weighted by Gasteiger charge is -2.34. The van der Waals surface area contributed by atoms with Crippen molar-refractivity contribution in [2.45, 2.75) is 77.8 Å². The molecule has 1 saturated carbocycles. The maximum Gasteiger partial charge on any atom is 0.326 e. The van der Waals surface area contributed by atoms with Gasteiger partial charge in [0.25, 0.3) is 0 Å². The normalized spacial score (nSPS) is 30.3. The van der Waals surface area contributed by atoms with Crippen LogP contribution in [0, 0.1) is 17.8 Å². The highest BCUT2D eigenvalue weighted by atomic mass is 16.4. The third-order valence-electron chi connectivity index (χ3n) is 5.57. The standard InChI is InChI=1S/C17H29NO3/c1-4-12(11(2)3)10-16(19)18-14-8-6-5-7-13(14)9-15(18)17(20)21/h11-15H,4-10H2,1-3H3,(H,20,21). The zero-order chi connectivity index (χ0) is 15.6. The highest BCUT2D eigenvalue weighted by Gasteiger charge is 2.47. The number of nitrogens with zero attached hydrogens (tertiary/aromatic N) is 1. The Kier molecular flexibility index (Phi) is 5.28. The molecule has 0 spiro atoms. The number of aliphatic carboxylic acids is 1. The summed E-state index contributed by atoms with van der Waals surface area (Å²) in [5.41, 5.74) is 0. The zero-order valence-corrected chi connectivity index (χ0v) is 13.5. The summed E-state index contributed by atoms with van der Waals surface area (Å²) in [5, 5.41) is 9.49. The number of carbonyl (C=O) groups excluding carboxylic acids is 1. The van der Waals surface area contributed by atoms with Gasteiger partial charge in [-0.1, -0.05) is 40.0 Å². The molecule has 2 fully saturated rings. The molecule has 1 saturated heterocycles. The van der Waals surface area contributed by atoms with Gasteiger partial charge in [-0.2, -0.15) is 0 Å². The summed E-state index contributed by atoms with van der Waals surface area (Å²) in [6.45, 7) is 6.40. The molecule has 0 aromatic rings. The molecule has 1 N–H and O–H groups in total. The molecule has 4 nitrogen and oxygen atoms in total. The summed E-state index contributed by atoms with van der Waals surface area (Å²) in [5.74, 6) is 0.470. The Morgan fingerprint density at radius 1 is 1.24 bits per heavy atom. The number of hydrogen-bond donors (Lipinski definition) is 1. The molecule has 21 heavy (non-hydrogen) atoms. The molecule has 1 aliphatic carbocycles. The van der Waals surface area contributed by atoms with E-state index in [9.17, 15) is 14.7 Å². The molecule has 1 aliphatic heterocycles. The Hall–Kier alpha value is -1.06. The molecule has 4 heteroatoms. The minimum atomic E-state index is -0.824. The summed E-state index contributed by atoms with van der Waals surface area (Å²) in [6.07, 6.45) is 6.50. The molecular weight excluding hydrogens is 266 g/mol. The van der Waals surface area contributed by atoms with Crippen LogP contribution < -0.4 is 0 Å². The maximum absolute atomic E-state index is 12.8. The van der Waals surface area contributed by atoms with Gasteiger partial charge in [0.1, 0.15) is 6.04 Å². The lowest BCUT2D eigenvalue weighted by molar-refractivity contribution is -0.150. The van der Waals surface area contributed by atoms with Crippen LogP contribution in [0.5, 0.6) is 0 Å². The second kappa shape index (κ2) is 6.80. The number of carbonyl (C=O) groups is 2. The van der Waals surface area contributed by atoms with Gasteiger partial charge < -0.3 is 10.0 Å². The molecule has 4 unspecified atom stereocenters. The first kappa shape index (κ1) is 16.3. The van der Waals surface area contributed by atoms with Gasteiger partial charge in [0.2, 0.25) is 5.91 Å². The van der Waals surface area contributed by atoms with E-state index in [1.54, 1.807) is 4.90 Å². The Balaban J connectivity index is 2.13. The van der Waals surface area contributed by atoms with Crippen molar-refractivity contribution < 1.29 is 14.7 Å². The number of rotatable bonds is 5. The van der Waals surface area contributed by atoms with Crippen LogP contribution >= 0.6 is 0 Å². The Morgan fingerprint density at radius 3 is 2.48 bits per heavy atom. The van der Waals surface area contributed by atoms with Crippen molar-refractivity contribution in [1.29, 1.82) is 0 Å². The van der Waals surface area contributed by atoms with Crippen LogP contribution in [0.3, 0.4) is 0 Å². The minimum Gasteiger partial charge on any atom is -0.480 e. The van der Waals surface area contributed by atoms with E-state index in [-0.39, 0.29) is 11.9 Å². The average Bonchev–Trinajstić information content (AvgIpc) is 2.83. The molecule has 0 bridgehead atoms. The van der Waals surface area contributed by atoms with E-state index in [2.05, 4.69) is 20.8 Å². The molecule has 0 radical (unpaired) electrons. The third-order valence-corrected chi connectivity index (χ3v) is 5.57. The van der Waals surface area contributed by atoms with Crippen molar-refractivity contribution in [3.63, 3.8) is 0 Å². The molecule has 0 aromatic heterocycles.